The maximum Gasteiger partial charge on any atom is 0.186 e. The van der Waals surface area contributed by atoms with Gasteiger partial charge in [0.2, 0.25) is 0 Å². The normalized spacial score (nSPS) is 16.7. The van der Waals surface area contributed by atoms with Gasteiger partial charge in [0.1, 0.15) is 10.7 Å². The van der Waals surface area contributed by atoms with Crippen molar-refractivity contribution in [2.75, 3.05) is 46.1 Å². The van der Waals surface area contributed by atoms with Crippen LogP contribution in [0.2, 0.25) is 0 Å². The minimum Gasteiger partial charge on any atom is -0.493 e. The molecule has 1 fully saturated rings. The molecule has 1 aromatic rings. The number of ether oxygens (including phenoxy) is 1. The second kappa shape index (κ2) is 6.89. The van der Waals surface area contributed by atoms with Crippen molar-refractivity contribution in [2.45, 2.75) is 11.3 Å². The summed E-state index contributed by atoms with van der Waals surface area (Å²) in [7, 11) is -2.75. The van der Waals surface area contributed by atoms with Gasteiger partial charge in [0, 0.05) is 44.5 Å². The molecule has 0 amide bonds. The SMILES string of the molecule is COc1c(CCN2CCNCC2)cc(F)c(S(C)(=O)=O)c1F. The first-order valence-electron chi connectivity index (χ1n) is 7.02. The molecule has 1 aromatic carbocycles. The van der Waals surface area contributed by atoms with Gasteiger partial charge in [-0.25, -0.2) is 17.2 Å². The first-order valence-corrected chi connectivity index (χ1v) is 8.91. The zero-order valence-electron chi connectivity index (χ0n) is 12.7. The number of methoxy groups -OCH3 is 1. The van der Waals surface area contributed by atoms with Crippen LogP contribution in [0.25, 0.3) is 0 Å². The van der Waals surface area contributed by atoms with Crippen molar-refractivity contribution in [3.63, 3.8) is 0 Å². The lowest BCUT2D eigenvalue weighted by Crippen LogP contribution is -2.44. The van der Waals surface area contributed by atoms with Gasteiger partial charge in [0.05, 0.1) is 7.11 Å². The Morgan fingerprint density at radius 1 is 1.32 bits per heavy atom. The van der Waals surface area contributed by atoms with Crippen molar-refractivity contribution >= 4 is 9.84 Å². The Bertz CT molecular complexity index is 644. The molecular formula is C14H20F2N2O3S. The quantitative estimate of drug-likeness (QED) is 0.864. The first kappa shape index (κ1) is 17.1. The average Bonchev–Trinajstić information content (AvgIpc) is 2.44. The molecule has 0 aliphatic carbocycles. The monoisotopic (exact) mass is 334 g/mol. The number of rotatable bonds is 5. The van der Waals surface area contributed by atoms with E-state index >= 15 is 0 Å². The Hall–Kier alpha value is -1.25. The van der Waals surface area contributed by atoms with Crippen molar-refractivity contribution in [2.24, 2.45) is 0 Å². The van der Waals surface area contributed by atoms with E-state index in [9.17, 15) is 17.2 Å². The fourth-order valence-corrected chi connectivity index (χ4v) is 3.42. The van der Waals surface area contributed by atoms with Crippen molar-refractivity contribution in [1.29, 1.82) is 0 Å². The Labute approximate surface area is 129 Å². The number of hydrogen-bond donors (Lipinski definition) is 1. The molecule has 1 saturated heterocycles. The van der Waals surface area contributed by atoms with Crippen molar-refractivity contribution < 1.29 is 21.9 Å². The fraction of sp³-hybridized carbons (Fsp3) is 0.571. The molecule has 1 heterocycles. The van der Waals surface area contributed by atoms with Gasteiger partial charge in [-0.1, -0.05) is 0 Å². The molecule has 2 rings (SSSR count). The molecule has 0 radical (unpaired) electrons. The zero-order valence-corrected chi connectivity index (χ0v) is 13.5. The Morgan fingerprint density at radius 3 is 2.50 bits per heavy atom. The largest absolute Gasteiger partial charge is 0.493 e. The number of halogens is 2. The molecule has 0 aromatic heterocycles. The van der Waals surface area contributed by atoms with E-state index in [-0.39, 0.29) is 5.75 Å². The van der Waals surface area contributed by atoms with Gasteiger partial charge in [0.25, 0.3) is 0 Å². The van der Waals surface area contributed by atoms with Crippen molar-refractivity contribution in [3.05, 3.63) is 23.3 Å². The van der Waals surface area contributed by atoms with Gasteiger partial charge in [-0.2, -0.15) is 0 Å². The summed E-state index contributed by atoms with van der Waals surface area (Å²) in [5, 5.41) is 3.22. The number of nitrogens with one attached hydrogen (secondary N) is 1. The first-order chi connectivity index (χ1) is 10.3. The topological polar surface area (TPSA) is 58.6 Å². The molecule has 0 spiro atoms. The maximum atomic E-state index is 14.3. The second-order valence-electron chi connectivity index (χ2n) is 5.31. The van der Waals surface area contributed by atoms with E-state index in [1.54, 1.807) is 0 Å². The number of nitrogens with zero attached hydrogens (tertiary/aromatic N) is 1. The summed E-state index contributed by atoms with van der Waals surface area (Å²) < 4.78 is 56.3. The van der Waals surface area contributed by atoms with Crippen LogP contribution in [0.1, 0.15) is 5.56 Å². The average molecular weight is 334 g/mol. The fourth-order valence-electron chi connectivity index (χ4n) is 2.59. The minimum absolute atomic E-state index is 0.197. The third-order valence-electron chi connectivity index (χ3n) is 3.69. The van der Waals surface area contributed by atoms with Crippen LogP contribution in [0.4, 0.5) is 8.78 Å². The summed E-state index contributed by atoms with van der Waals surface area (Å²) in [6.07, 6.45) is 1.16. The van der Waals surface area contributed by atoms with Crippen molar-refractivity contribution in [1.82, 2.24) is 10.2 Å². The van der Waals surface area contributed by atoms with E-state index in [4.69, 9.17) is 4.74 Å². The summed E-state index contributed by atoms with van der Waals surface area (Å²) in [4.78, 5) is 1.24. The lowest BCUT2D eigenvalue weighted by Gasteiger charge is -2.27. The van der Waals surface area contributed by atoms with Gasteiger partial charge < -0.3 is 15.0 Å². The zero-order chi connectivity index (χ0) is 16.3. The minimum atomic E-state index is -4.00. The van der Waals surface area contributed by atoms with Gasteiger partial charge in [0.15, 0.2) is 21.4 Å². The Morgan fingerprint density at radius 2 is 1.95 bits per heavy atom. The molecule has 1 N–H and O–H groups in total. The molecular weight excluding hydrogens is 314 g/mol. The number of benzene rings is 1. The summed E-state index contributed by atoms with van der Waals surface area (Å²) in [6, 6.07) is 1.06. The molecule has 0 unspecified atom stereocenters. The number of sulfone groups is 1. The van der Waals surface area contributed by atoms with Crippen LogP contribution in [-0.2, 0) is 16.3 Å². The van der Waals surface area contributed by atoms with E-state index in [0.717, 1.165) is 38.5 Å². The Balaban J connectivity index is 2.28. The van der Waals surface area contributed by atoms with E-state index < -0.39 is 26.4 Å². The second-order valence-corrected chi connectivity index (χ2v) is 7.26. The summed E-state index contributed by atoms with van der Waals surface area (Å²) in [5.74, 6) is -2.42. The highest BCUT2D eigenvalue weighted by Crippen LogP contribution is 2.31. The molecule has 0 saturated carbocycles. The van der Waals surface area contributed by atoms with Crippen LogP contribution < -0.4 is 10.1 Å². The predicted octanol–water partition coefficient (Wildman–Crippen LogP) is 0.825. The molecule has 1 aliphatic rings. The van der Waals surface area contributed by atoms with Gasteiger partial charge in [-0.05, 0) is 12.5 Å². The van der Waals surface area contributed by atoms with E-state index in [1.807, 2.05) is 0 Å². The van der Waals surface area contributed by atoms with Crippen LogP contribution in [0.3, 0.4) is 0 Å². The summed E-state index contributed by atoms with van der Waals surface area (Å²) in [5.41, 5.74) is 0.337. The van der Waals surface area contributed by atoms with Gasteiger partial charge in [-0.15, -0.1) is 0 Å². The van der Waals surface area contributed by atoms with Crippen LogP contribution in [-0.4, -0.2) is 59.4 Å². The third-order valence-corrected chi connectivity index (χ3v) is 4.81. The van der Waals surface area contributed by atoms with Crippen LogP contribution in [0.5, 0.6) is 5.75 Å². The van der Waals surface area contributed by atoms with Gasteiger partial charge >= 0.3 is 0 Å². The molecule has 22 heavy (non-hydrogen) atoms. The highest BCUT2D eigenvalue weighted by molar-refractivity contribution is 7.90. The van der Waals surface area contributed by atoms with E-state index in [0.29, 0.717) is 18.5 Å². The standard InChI is InChI=1S/C14H20F2N2O3S/c1-21-13-10(3-6-18-7-4-17-5-8-18)9-11(15)14(12(13)16)22(2,19)20/h9,17H,3-8H2,1-2H3. The molecule has 5 nitrogen and oxygen atoms in total. The van der Waals surface area contributed by atoms with Crippen molar-refractivity contribution in [3.8, 4) is 5.75 Å². The Kier molecular flexibility index (Phi) is 5.36. The number of hydrogen-bond acceptors (Lipinski definition) is 5. The summed E-state index contributed by atoms with van der Waals surface area (Å²) in [6.45, 7) is 4.14. The van der Waals surface area contributed by atoms with E-state index in [1.165, 1.54) is 7.11 Å². The number of piperazine rings is 1. The van der Waals surface area contributed by atoms with Crippen LogP contribution in [0, 0.1) is 11.6 Å². The summed E-state index contributed by atoms with van der Waals surface area (Å²) >= 11 is 0. The van der Waals surface area contributed by atoms with E-state index in [2.05, 4.69) is 10.2 Å². The maximum absolute atomic E-state index is 14.3. The smallest absolute Gasteiger partial charge is 0.186 e. The predicted molar refractivity (Wildman–Crippen MR) is 79.0 cm³/mol. The highest BCUT2D eigenvalue weighted by atomic mass is 32.2. The lowest BCUT2D eigenvalue weighted by molar-refractivity contribution is 0.242. The van der Waals surface area contributed by atoms with Crippen LogP contribution >= 0.6 is 0 Å². The molecule has 124 valence electrons. The molecule has 1 aliphatic heterocycles. The van der Waals surface area contributed by atoms with Gasteiger partial charge in [-0.3, -0.25) is 0 Å². The lowest BCUT2D eigenvalue weighted by atomic mass is 10.1. The molecule has 8 heteroatoms. The molecule has 0 atom stereocenters. The highest BCUT2D eigenvalue weighted by Gasteiger charge is 2.26. The molecule has 0 bridgehead atoms. The third kappa shape index (κ3) is 3.74. The van der Waals surface area contributed by atoms with Crippen LogP contribution in [0.15, 0.2) is 11.0 Å².